The minimum absolute atomic E-state index is 0.207. The van der Waals surface area contributed by atoms with Crippen LogP contribution in [0.3, 0.4) is 0 Å². The molecule has 0 amide bonds. The van der Waals surface area contributed by atoms with Gasteiger partial charge in [-0.15, -0.1) is 0 Å². The van der Waals surface area contributed by atoms with E-state index >= 15 is 0 Å². The van der Waals surface area contributed by atoms with Crippen LogP contribution in [0.15, 0.2) is 18.2 Å². The normalized spacial score (nSPS) is 17.3. The van der Waals surface area contributed by atoms with Crippen LogP contribution in [-0.2, 0) is 4.79 Å². The first kappa shape index (κ1) is 15.8. The number of likely N-dealkylation sites (tertiary alicyclic amines) is 1. The maximum absolute atomic E-state index is 10.6. The summed E-state index contributed by atoms with van der Waals surface area (Å²) in [4.78, 5) is 12.8. The second-order valence-electron chi connectivity index (χ2n) is 6.23. The molecule has 1 saturated heterocycles. The van der Waals surface area contributed by atoms with E-state index in [0.29, 0.717) is 24.1 Å². The first-order chi connectivity index (χ1) is 9.97. The molecular weight excluding hydrogens is 266 g/mol. The third kappa shape index (κ3) is 4.21. The summed E-state index contributed by atoms with van der Waals surface area (Å²) in [7, 11) is 0. The molecule has 0 aromatic heterocycles. The van der Waals surface area contributed by atoms with Crippen molar-refractivity contribution < 1.29 is 15.0 Å². The highest BCUT2D eigenvalue weighted by atomic mass is 16.4. The lowest BCUT2D eigenvalue weighted by Gasteiger charge is -2.32. The molecule has 0 bridgehead atoms. The lowest BCUT2D eigenvalue weighted by molar-refractivity contribution is -0.137. The quantitative estimate of drug-likeness (QED) is 0.874. The molecule has 0 radical (unpaired) electrons. The van der Waals surface area contributed by atoms with E-state index in [9.17, 15) is 9.90 Å². The van der Waals surface area contributed by atoms with Crippen molar-refractivity contribution in [2.24, 2.45) is 0 Å². The van der Waals surface area contributed by atoms with E-state index in [1.54, 1.807) is 0 Å². The van der Waals surface area contributed by atoms with Crippen molar-refractivity contribution in [1.29, 1.82) is 0 Å². The van der Waals surface area contributed by atoms with Gasteiger partial charge in [0.05, 0.1) is 6.42 Å². The second-order valence-corrected chi connectivity index (χ2v) is 6.23. The van der Waals surface area contributed by atoms with Crippen LogP contribution in [0, 0.1) is 0 Å². The Morgan fingerprint density at radius 2 is 2.00 bits per heavy atom. The summed E-state index contributed by atoms with van der Waals surface area (Å²) in [6, 6.07) is 5.94. The van der Waals surface area contributed by atoms with Gasteiger partial charge in [-0.05, 0) is 55.0 Å². The van der Waals surface area contributed by atoms with Crippen molar-refractivity contribution in [3.63, 3.8) is 0 Å². The summed E-state index contributed by atoms with van der Waals surface area (Å²) in [6.45, 7) is 6.75. The van der Waals surface area contributed by atoms with Crippen molar-refractivity contribution in [3.05, 3.63) is 29.3 Å². The molecule has 21 heavy (non-hydrogen) atoms. The highest BCUT2D eigenvalue weighted by molar-refractivity contribution is 5.66. The van der Waals surface area contributed by atoms with E-state index in [0.717, 1.165) is 31.5 Å². The molecule has 0 saturated carbocycles. The van der Waals surface area contributed by atoms with Gasteiger partial charge in [-0.2, -0.15) is 0 Å². The van der Waals surface area contributed by atoms with Gasteiger partial charge >= 0.3 is 5.97 Å². The zero-order valence-corrected chi connectivity index (χ0v) is 12.9. The number of rotatable bonds is 5. The van der Waals surface area contributed by atoms with Gasteiger partial charge in [-0.3, -0.25) is 4.79 Å². The molecule has 1 aromatic carbocycles. The molecule has 0 spiro atoms. The number of phenols is 1. The molecule has 4 nitrogen and oxygen atoms in total. The summed E-state index contributed by atoms with van der Waals surface area (Å²) in [5.74, 6) is 0.493. The lowest BCUT2D eigenvalue weighted by atomic mass is 9.86. The van der Waals surface area contributed by atoms with Crippen LogP contribution >= 0.6 is 0 Å². The molecule has 1 aromatic rings. The minimum Gasteiger partial charge on any atom is -0.508 e. The van der Waals surface area contributed by atoms with Crippen LogP contribution < -0.4 is 0 Å². The molecule has 0 unspecified atom stereocenters. The van der Waals surface area contributed by atoms with Gasteiger partial charge in [0, 0.05) is 6.54 Å². The van der Waals surface area contributed by atoms with Crippen molar-refractivity contribution in [1.82, 2.24) is 4.90 Å². The molecule has 2 rings (SSSR count). The van der Waals surface area contributed by atoms with E-state index in [4.69, 9.17) is 5.11 Å². The Kier molecular flexibility index (Phi) is 5.23. The number of hydrogen-bond acceptors (Lipinski definition) is 3. The number of phenolic OH excluding ortho intramolecular Hbond substituents is 1. The Bertz CT molecular complexity index is 491. The third-order valence-corrected chi connectivity index (χ3v) is 4.39. The monoisotopic (exact) mass is 291 g/mol. The van der Waals surface area contributed by atoms with Gasteiger partial charge in [0.25, 0.3) is 0 Å². The zero-order valence-electron chi connectivity index (χ0n) is 12.9. The van der Waals surface area contributed by atoms with E-state index < -0.39 is 5.97 Å². The highest BCUT2D eigenvalue weighted by Crippen LogP contribution is 2.35. The predicted octanol–water partition coefficient (Wildman–Crippen LogP) is 3.17. The van der Waals surface area contributed by atoms with Crippen LogP contribution in [0.4, 0.5) is 0 Å². The number of aromatic hydroxyl groups is 1. The molecule has 1 aliphatic heterocycles. The summed E-state index contributed by atoms with van der Waals surface area (Å²) in [6.07, 6.45) is 2.17. The third-order valence-electron chi connectivity index (χ3n) is 4.39. The first-order valence-electron chi connectivity index (χ1n) is 7.74. The molecule has 2 N–H and O–H groups in total. The molecule has 0 aliphatic carbocycles. The van der Waals surface area contributed by atoms with E-state index in [2.05, 4.69) is 24.8 Å². The molecule has 116 valence electrons. The van der Waals surface area contributed by atoms with Gasteiger partial charge in [0.2, 0.25) is 0 Å². The fourth-order valence-electron chi connectivity index (χ4n) is 2.98. The Morgan fingerprint density at radius 1 is 1.33 bits per heavy atom. The molecular formula is C17H25NO3. The maximum Gasteiger partial charge on any atom is 0.304 e. The van der Waals surface area contributed by atoms with Crippen molar-refractivity contribution >= 4 is 5.97 Å². The SMILES string of the molecule is CC(C)c1ccc(O)c(C2CCN(CCC(=O)O)CC2)c1. The van der Waals surface area contributed by atoms with Crippen LogP contribution in [0.5, 0.6) is 5.75 Å². The van der Waals surface area contributed by atoms with Gasteiger partial charge < -0.3 is 15.1 Å². The van der Waals surface area contributed by atoms with E-state index in [1.807, 2.05) is 12.1 Å². The maximum atomic E-state index is 10.6. The van der Waals surface area contributed by atoms with Gasteiger partial charge in [-0.25, -0.2) is 0 Å². The predicted molar refractivity (Wildman–Crippen MR) is 82.9 cm³/mol. The zero-order chi connectivity index (χ0) is 15.4. The number of carboxylic acid groups (broad SMARTS) is 1. The van der Waals surface area contributed by atoms with Crippen LogP contribution in [0.2, 0.25) is 0 Å². The molecule has 1 heterocycles. The Labute approximate surface area is 126 Å². The molecule has 1 aliphatic rings. The average Bonchev–Trinajstić information content (AvgIpc) is 2.46. The molecule has 0 atom stereocenters. The largest absolute Gasteiger partial charge is 0.508 e. The Morgan fingerprint density at radius 3 is 2.57 bits per heavy atom. The summed E-state index contributed by atoms with van der Waals surface area (Å²) in [5.41, 5.74) is 2.31. The summed E-state index contributed by atoms with van der Waals surface area (Å²) >= 11 is 0. The van der Waals surface area contributed by atoms with Gasteiger partial charge in [0.15, 0.2) is 0 Å². The number of carbonyl (C=O) groups is 1. The van der Waals surface area contributed by atoms with E-state index in [1.165, 1.54) is 5.56 Å². The number of aliphatic carboxylic acids is 1. The van der Waals surface area contributed by atoms with Crippen molar-refractivity contribution in [2.45, 2.75) is 44.9 Å². The summed E-state index contributed by atoms with van der Waals surface area (Å²) < 4.78 is 0. The van der Waals surface area contributed by atoms with Gasteiger partial charge in [-0.1, -0.05) is 26.0 Å². The first-order valence-corrected chi connectivity index (χ1v) is 7.74. The van der Waals surface area contributed by atoms with Gasteiger partial charge in [0.1, 0.15) is 5.75 Å². The number of nitrogens with zero attached hydrogens (tertiary/aromatic N) is 1. The van der Waals surface area contributed by atoms with Crippen LogP contribution in [0.25, 0.3) is 0 Å². The topological polar surface area (TPSA) is 60.8 Å². The number of piperidine rings is 1. The number of benzene rings is 1. The second kappa shape index (κ2) is 6.94. The summed E-state index contributed by atoms with van der Waals surface area (Å²) in [5, 5.41) is 18.9. The fraction of sp³-hybridized carbons (Fsp3) is 0.588. The lowest BCUT2D eigenvalue weighted by Crippen LogP contribution is -2.34. The molecule has 4 heteroatoms. The highest BCUT2D eigenvalue weighted by Gasteiger charge is 2.23. The molecule has 1 fully saturated rings. The van der Waals surface area contributed by atoms with Crippen molar-refractivity contribution in [2.75, 3.05) is 19.6 Å². The number of carboxylic acids is 1. The Balaban J connectivity index is 1.98. The smallest absolute Gasteiger partial charge is 0.304 e. The number of hydrogen-bond donors (Lipinski definition) is 2. The fourth-order valence-corrected chi connectivity index (χ4v) is 2.98. The average molecular weight is 291 g/mol. The Hall–Kier alpha value is -1.55. The van der Waals surface area contributed by atoms with Crippen molar-refractivity contribution in [3.8, 4) is 5.75 Å². The standard InChI is InChI=1S/C17H25NO3/c1-12(2)14-3-4-16(19)15(11-14)13-5-8-18(9-6-13)10-7-17(20)21/h3-4,11-13,19H,5-10H2,1-2H3,(H,20,21). The van der Waals surface area contributed by atoms with Crippen LogP contribution in [-0.4, -0.2) is 40.7 Å². The van der Waals surface area contributed by atoms with Crippen LogP contribution in [0.1, 0.15) is 56.1 Å². The van der Waals surface area contributed by atoms with E-state index in [-0.39, 0.29) is 6.42 Å². The minimum atomic E-state index is -0.737.